The molecule has 2 atom stereocenters. The number of nitrogens with one attached hydrogen (secondary N) is 1. The summed E-state index contributed by atoms with van der Waals surface area (Å²) in [6, 6.07) is 16.4. The third-order valence-corrected chi connectivity index (χ3v) is 4.88. The van der Waals surface area contributed by atoms with Crippen LogP contribution >= 0.6 is 11.6 Å². The van der Waals surface area contributed by atoms with Crippen LogP contribution in [0, 0.1) is 0 Å². The van der Waals surface area contributed by atoms with Crippen molar-refractivity contribution in [2.75, 3.05) is 0 Å². The first-order valence-corrected chi connectivity index (χ1v) is 9.66. The van der Waals surface area contributed by atoms with Crippen LogP contribution in [0.25, 0.3) is 0 Å². The summed E-state index contributed by atoms with van der Waals surface area (Å²) in [6.45, 7) is 6.11. The predicted octanol–water partition coefficient (Wildman–Crippen LogP) is 4.21. The van der Waals surface area contributed by atoms with E-state index < -0.39 is 6.04 Å². The van der Waals surface area contributed by atoms with Crippen molar-refractivity contribution in [2.24, 2.45) is 0 Å². The zero-order chi connectivity index (χ0) is 19.8. The second kappa shape index (κ2) is 10.1. The highest BCUT2D eigenvalue weighted by molar-refractivity contribution is 6.30. The van der Waals surface area contributed by atoms with E-state index in [1.165, 1.54) is 0 Å². The Labute approximate surface area is 166 Å². The Hall–Kier alpha value is -2.33. The molecule has 0 saturated carbocycles. The number of nitrogens with zero attached hydrogens (tertiary/aromatic N) is 1. The Balaban J connectivity index is 2.19. The van der Waals surface area contributed by atoms with Gasteiger partial charge in [-0.05, 0) is 43.5 Å². The van der Waals surface area contributed by atoms with E-state index >= 15 is 0 Å². The number of halogens is 1. The quantitative estimate of drug-likeness (QED) is 0.738. The third kappa shape index (κ3) is 6.40. The van der Waals surface area contributed by atoms with Gasteiger partial charge < -0.3 is 10.2 Å². The van der Waals surface area contributed by atoms with Crippen LogP contribution in [-0.4, -0.2) is 28.8 Å². The molecule has 4 nitrogen and oxygen atoms in total. The number of carbonyl (C=O) groups is 2. The van der Waals surface area contributed by atoms with Gasteiger partial charge in [0.05, 0.1) is 6.42 Å². The molecule has 0 heterocycles. The van der Waals surface area contributed by atoms with Crippen LogP contribution in [0.2, 0.25) is 5.02 Å². The molecule has 0 radical (unpaired) electrons. The molecular formula is C22H27ClN2O2. The number of amides is 2. The van der Waals surface area contributed by atoms with E-state index in [9.17, 15) is 9.59 Å². The van der Waals surface area contributed by atoms with Crippen molar-refractivity contribution in [1.82, 2.24) is 10.2 Å². The lowest BCUT2D eigenvalue weighted by atomic mass is 10.1. The van der Waals surface area contributed by atoms with Crippen molar-refractivity contribution in [3.05, 3.63) is 70.7 Å². The average Bonchev–Trinajstić information content (AvgIpc) is 2.67. The van der Waals surface area contributed by atoms with Gasteiger partial charge >= 0.3 is 0 Å². The molecule has 0 aliphatic rings. The minimum absolute atomic E-state index is 0.0709. The lowest BCUT2D eigenvalue weighted by Crippen LogP contribution is -2.49. The molecule has 1 N–H and O–H groups in total. The molecule has 5 heteroatoms. The highest BCUT2D eigenvalue weighted by atomic mass is 35.5. The van der Waals surface area contributed by atoms with Gasteiger partial charge in [0, 0.05) is 17.6 Å². The summed E-state index contributed by atoms with van der Waals surface area (Å²) in [6.07, 6.45) is 1.10. The number of hydrogen-bond donors (Lipinski definition) is 1. The topological polar surface area (TPSA) is 49.4 Å². The molecule has 0 saturated heterocycles. The Morgan fingerprint density at radius 3 is 2.22 bits per heavy atom. The van der Waals surface area contributed by atoms with Gasteiger partial charge in [0.25, 0.3) is 0 Å². The molecule has 0 aliphatic heterocycles. The number of carbonyl (C=O) groups excluding carboxylic acids is 2. The van der Waals surface area contributed by atoms with Gasteiger partial charge in [-0.2, -0.15) is 0 Å². The number of rotatable bonds is 8. The van der Waals surface area contributed by atoms with E-state index in [0.717, 1.165) is 17.5 Å². The van der Waals surface area contributed by atoms with Crippen molar-refractivity contribution in [3.8, 4) is 0 Å². The van der Waals surface area contributed by atoms with Crippen LogP contribution in [-0.2, 0) is 22.6 Å². The maximum atomic E-state index is 13.0. The number of benzene rings is 2. The fourth-order valence-electron chi connectivity index (χ4n) is 2.71. The Bertz CT molecular complexity index is 747. The lowest BCUT2D eigenvalue weighted by Gasteiger charge is -2.30. The molecule has 144 valence electrons. The van der Waals surface area contributed by atoms with Crippen LogP contribution in [0.3, 0.4) is 0 Å². The van der Waals surface area contributed by atoms with Crippen molar-refractivity contribution < 1.29 is 9.59 Å². The molecule has 2 amide bonds. The first-order chi connectivity index (χ1) is 12.9. The van der Waals surface area contributed by atoms with Gasteiger partial charge in [0.1, 0.15) is 6.04 Å². The zero-order valence-corrected chi connectivity index (χ0v) is 16.9. The molecule has 0 fully saturated rings. The second-order valence-electron chi connectivity index (χ2n) is 6.80. The van der Waals surface area contributed by atoms with E-state index in [1.807, 2.05) is 56.3 Å². The molecule has 2 aromatic rings. The average molecular weight is 387 g/mol. The third-order valence-electron chi connectivity index (χ3n) is 4.63. The smallest absolute Gasteiger partial charge is 0.242 e. The van der Waals surface area contributed by atoms with Crippen LogP contribution in [0.1, 0.15) is 38.3 Å². The van der Waals surface area contributed by atoms with Gasteiger partial charge in [0.15, 0.2) is 0 Å². The van der Waals surface area contributed by atoms with E-state index in [1.54, 1.807) is 24.0 Å². The van der Waals surface area contributed by atoms with E-state index in [4.69, 9.17) is 11.6 Å². The Kier molecular flexibility index (Phi) is 7.86. The summed E-state index contributed by atoms with van der Waals surface area (Å²) in [7, 11) is 0. The fraction of sp³-hybridized carbons (Fsp3) is 0.364. The standard InChI is InChI=1S/C22H27ClN2O2/c1-4-16(2)24-22(27)17(3)25(15-19-10-12-20(23)13-11-19)21(26)14-18-8-6-5-7-9-18/h5-13,16-17H,4,14-15H2,1-3H3,(H,24,27)/t16-,17+/m1/s1. The summed E-state index contributed by atoms with van der Waals surface area (Å²) in [4.78, 5) is 27.3. The van der Waals surface area contributed by atoms with Crippen molar-refractivity contribution in [1.29, 1.82) is 0 Å². The largest absolute Gasteiger partial charge is 0.352 e. The van der Waals surface area contributed by atoms with Gasteiger partial charge in [0.2, 0.25) is 11.8 Å². The molecule has 2 rings (SSSR count). The van der Waals surface area contributed by atoms with Crippen LogP contribution in [0.15, 0.2) is 54.6 Å². The summed E-state index contributed by atoms with van der Waals surface area (Å²) < 4.78 is 0. The molecule has 2 aromatic carbocycles. The van der Waals surface area contributed by atoms with E-state index in [2.05, 4.69) is 5.32 Å². The Morgan fingerprint density at radius 1 is 1.00 bits per heavy atom. The van der Waals surface area contributed by atoms with Crippen LogP contribution < -0.4 is 5.32 Å². The zero-order valence-electron chi connectivity index (χ0n) is 16.1. The molecule has 0 bridgehead atoms. The van der Waals surface area contributed by atoms with E-state index in [0.29, 0.717) is 11.6 Å². The molecule has 0 spiro atoms. The highest BCUT2D eigenvalue weighted by Gasteiger charge is 2.26. The van der Waals surface area contributed by atoms with Gasteiger partial charge in [-0.15, -0.1) is 0 Å². The maximum absolute atomic E-state index is 13.0. The minimum Gasteiger partial charge on any atom is -0.352 e. The van der Waals surface area contributed by atoms with Crippen LogP contribution in [0.4, 0.5) is 0 Å². The fourth-order valence-corrected chi connectivity index (χ4v) is 2.83. The monoisotopic (exact) mass is 386 g/mol. The molecule has 0 aromatic heterocycles. The molecule has 0 unspecified atom stereocenters. The second-order valence-corrected chi connectivity index (χ2v) is 7.24. The highest BCUT2D eigenvalue weighted by Crippen LogP contribution is 2.15. The van der Waals surface area contributed by atoms with Crippen LogP contribution in [0.5, 0.6) is 0 Å². The summed E-state index contributed by atoms with van der Waals surface area (Å²) in [5.41, 5.74) is 1.86. The van der Waals surface area contributed by atoms with Crippen molar-refractivity contribution in [2.45, 2.75) is 52.2 Å². The van der Waals surface area contributed by atoms with E-state index in [-0.39, 0.29) is 24.3 Å². The van der Waals surface area contributed by atoms with Crippen molar-refractivity contribution >= 4 is 23.4 Å². The predicted molar refractivity (Wildman–Crippen MR) is 110 cm³/mol. The summed E-state index contributed by atoms with van der Waals surface area (Å²) in [5, 5.41) is 3.61. The SMILES string of the molecule is CC[C@@H](C)NC(=O)[C@H](C)N(Cc1ccc(Cl)cc1)C(=O)Cc1ccccc1. The first kappa shape index (κ1) is 21.0. The van der Waals surface area contributed by atoms with Crippen molar-refractivity contribution in [3.63, 3.8) is 0 Å². The minimum atomic E-state index is -0.564. The summed E-state index contributed by atoms with van der Waals surface area (Å²) in [5.74, 6) is -0.220. The van der Waals surface area contributed by atoms with Gasteiger partial charge in [-0.3, -0.25) is 9.59 Å². The normalized spacial score (nSPS) is 12.9. The lowest BCUT2D eigenvalue weighted by molar-refractivity contribution is -0.140. The first-order valence-electron chi connectivity index (χ1n) is 9.29. The summed E-state index contributed by atoms with van der Waals surface area (Å²) >= 11 is 5.96. The Morgan fingerprint density at radius 2 is 1.63 bits per heavy atom. The maximum Gasteiger partial charge on any atom is 0.242 e. The number of hydrogen-bond acceptors (Lipinski definition) is 2. The molecular weight excluding hydrogens is 360 g/mol. The molecule has 0 aliphatic carbocycles. The van der Waals surface area contributed by atoms with Gasteiger partial charge in [-0.1, -0.05) is 61.0 Å². The van der Waals surface area contributed by atoms with Gasteiger partial charge in [-0.25, -0.2) is 0 Å². The molecule has 27 heavy (non-hydrogen) atoms.